The van der Waals surface area contributed by atoms with Crippen LogP contribution in [-0.2, 0) is 0 Å². The fourth-order valence-corrected chi connectivity index (χ4v) is 3.01. The van der Waals surface area contributed by atoms with E-state index in [-0.39, 0.29) is 6.04 Å². The minimum atomic E-state index is 0.247. The van der Waals surface area contributed by atoms with Crippen LogP contribution in [0.3, 0.4) is 0 Å². The smallest absolute Gasteiger partial charge is 0.0579 e. The van der Waals surface area contributed by atoms with Gasteiger partial charge in [-0.3, -0.25) is 0 Å². The van der Waals surface area contributed by atoms with Gasteiger partial charge in [-0.25, -0.2) is 0 Å². The molecular weight excluding hydrogens is 310 g/mol. The van der Waals surface area contributed by atoms with E-state index in [2.05, 4.69) is 85.3 Å². The van der Waals surface area contributed by atoms with Crippen LogP contribution in [-0.4, -0.2) is 6.54 Å². The first-order chi connectivity index (χ1) is 9.52. The van der Waals surface area contributed by atoms with E-state index < -0.39 is 0 Å². The molecule has 0 aliphatic rings. The van der Waals surface area contributed by atoms with Gasteiger partial charge in [0.1, 0.15) is 0 Å². The number of nitrogens with one attached hydrogen (secondary N) is 1. The standard InChI is InChI=1S/C18H22BrN/c1-5-20-18(15-7-6-8-16(19)11-15)17-10-13(3)12(2)9-14(17)4/h6-11,18,20H,5H2,1-4H3. The third kappa shape index (κ3) is 3.31. The van der Waals surface area contributed by atoms with E-state index in [9.17, 15) is 0 Å². The normalized spacial score (nSPS) is 12.4. The van der Waals surface area contributed by atoms with Crippen molar-refractivity contribution in [1.29, 1.82) is 0 Å². The molecule has 1 atom stereocenters. The number of hydrogen-bond acceptors (Lipinski definition) is 1. The molecule has 0 spiro atoms. The second-order valence-corrected chi connectivity index (χ2v) is 6.25. The van der Waals surface area contributed by atoms with Crippen LogP contribution in [0, 0.1) is 20.8 Å². The Labute approximate surface area is 130 Å². The second kappa shape index (κ2) is 6.55. The Morgan fingerprint density at radius 1 is 1.00 bits per heavy atom. The maximum Gasteiger partial charge on any atom is 0.0579 e. The summed E-state index contributed by atoms with van der Waals surface area (Å²) < 4.78 is 1.12. The average molecular weight is 332 g/mol. The van der Waals surface area contributed by atoms with E-state index in [4.69, 9.17) is 0 Å². The van der Waals surface area contributed by atoms with Crippen LogP contribution in [0.15, 0.2) is 40.9 Å². The molecule has 0 aliphatic heterocycles. The van der Waals surface area contributed by atoms with Crippen molar-refractivity contribution in [1.82, 2.24) is 5.32 Å². The molecule has 2 rings (SSSR count). The maximum absolute atomic E-state index is 3.61. The fraction of sp³-hybridized carbons (Fsp3) is 0.333. The molecule has 0 aromatic heterocycles. The monoisotopic (exact) mass is 331 g/mol. The van der Waals surface area contributed by atoms with E-state index in [1.165, 1.54) is 27.8 Å². The molecule has 0 saturated heterocycles. The summed E-state index contributed by atoms with van der Waals surface area (Å²) >= 11 is 3.57. The quantitative estimate of drug-likeness (QED) is 0.824. The summed E-state index contributed by atoms with van der Waals surface area (Å²) in [6.45, 7) is 9.66. The van der Waals surface area contributed by atoms with Gasteiger partial charge in [0.15, 0.2) is 0 Å². The number of aryl methyl sites for hydroxylation is 3. The predicted octanol–water partition coefficient (Wildman–Crippen LogP) is 5.07. The fourth-order valence-electron chi connectivity index (χ4n) is 2.59. The van der Waals surface area contributed by atoms with Gasteiger partial charge in [-0.15, -0.1) is 0 Å². The molecule has 1 N–H and O–H groups in total. The van der Waals surface area contributed by atoms with Crippen molar-refractivity contribution in [2.45, 2.75) is 33.7 Å². The summed E-state index contributed by atoms with van der Waals surface area (Å²) in [6, 6.07) is 13.4. The van der Waals surface area contributed by atoms with Crippen molar-refractivity contribution in [2.75, 3.05) is 6.54 Å². The molecule has 106 valence electrons. The highest BCUT2D eigenvalue weighted by molar-refractivity contribution is 9.10. The number of halogens is 1. The number of hydrogen-bond donors (Lipinski definition) is 1. The third-order valence-electron chi connectivity index (χ3n) is 3.78. The molecule has 0 radical (unpaired) electrons. The van der Waals surface area contributed by atoms with Crippen LogP contribution >= 0.6 is 15.9 Å². The van der Waals surface area contributed by atoms with Crippen molar-refractivity contribution in [3.8, 4) is 0 Å². The third-order valence-corrected chi connectivity index (χ3v) is 4.28. The molecule has 2 aromatic carbocycles. The van der Waals surface area contributed by atoms with Crippen LogP contribution in [0.1, 0.15) is 40.8 Å². The van der Waals surface area contributed by atoms with Crippen LogP contribution in [0.5, 0.6) is 0 Å². The number of benzene rings is 2. The van der Waals surface area contributed by atoms with Crippen molar-refractivity contribution >= 4 is 15.9 Å². The van der Waals surface area contributed by atoms with E-state index in [1.807, 2.05) is 0 Å². The van der Waals surface area contributed by atoms with Gasteiger partial charge in [-0.2, -0.15) is 0 Å². The van der Waals surface area contributed by atoms with Crippen LogP contribution in [0.2, 0.25) is 0 Å². The highest BCUT2D eigenvalue weighted by atomic mass is 79.9. The molecule has 0 fully saturated rings. The first-order valence-corrected chi connectivity index (χ1v) is 7.88. The Morgan fingerprint density at radius 2 is 1.70 bits per heavy atom. The van der Waals surface area contributed by atoms with E-state index in [0.29, 0.717) is 0 Å². The van der Waals surface area contributed by atoms with Gasteiger partial charge in [0.05, 0.1) is 6.04 Å². The summed E-state index contributed by atoms with van der Waals surface area (Å²) in [7, 11) is 0. The Balaban J connectivity index is 2.51. The largest absolute Gasteiger partial charge is 0.307 e. The van der Waals surface area contributed by atoms with Crippen molar-refractivity contribution < 1.29 is 0 Å². The highest BCUT2D eigenvalue weighted by Crippen LogP contribution is 2.28. The van der Waals surface area contributed by atoms with Crippen molar-refractivity contribution in [3.63, 3.8) is 0 Å². The van der Waals surface area contributed by atoms with E-state index in [0.717, 1.165) is 11.0 Å². The molecule has 0 saturated carbocycles. The molecule has 0 bridgehead atoms. The SMILES string of the molecule is CCNC(c1cccc(Br)c1)c1cc(C)c(C)cc1C. The lowest BCUT2D eigenvalue weighted by molar-refractivity contribution is 0.627. The van der Waals surface area contributed by atoms with Crippen molar-refractivity contribution in [3.05, 3.63) is 68.7 Å². The van der Waals surface area contributed by atoms with Crippen LogP contribution < -0.4 is 5.32 Å². The van der Waals surface area contributed by atoms with Crippen molar-refractivity contribution in [2.24, 2.45) is 0 Å². The molecule has 0 heterocycles. The summed E-state index contributed by atoms with van der Waals surface area (Å²) in [5, 5.41) is 3.61. The van der Waals surface area contributed by atoms with Crippen LogP contribution in [0.25, 0.3) is 0 Å². The average Bonchev–Trinajstić information content (AvgIpc) is 2.40. The first-order valence-electron chi connectivity index (χ1n) is 7.09. The van der Waals surface area contributed by atoms with Gasteiger partial charge < -0.3 is 5.32 Å². The Hall–Kier alpha value is -1.12. The maximum atomic E-state index is 3.61. The van der Waals surface area contributed by atoms with Gasteiger partial charge in [-0.05, 0) is 67.3 Å². The second-order valence-electron chi connectivity index (χ2n) is 5.34. The van der Waals surface area contributed by atoms with Gasteiger partial charge in [0, 0.05) is 4.47 Å². The molecule has 0 aliphatic carbocycles. The Kier molecular flexibility index (Phi) is 5.00. The van der Waals surface area contributed by atoms with E-state index >= 15 is 0 Å². The first kappa shape index (κ1) is 15.3. The lowest BCUT2D eigenvalue weighted by Gasteiger charge is -2.22. The minimum absolute atomic E-state index is 0.247. The van der Waals surface area contributed by atoms with Gasteiger partial charge in [-0.1, -0.05) is 47.1 Å². The zero-order valence-electron chi connectivity index (χ0n) is 12.6. The molecule has 1 unspecified atom stereocenters. The lowest BCUT2D eigenvalue weighted by Crippen LogP contribution is -2.23. The molecule has 1 nitrogen and oxygen atoms in total. The molecule has 0 amide bonds. The van der Waals surface area contributed by atoms with Crippen LogP contribution in [0.4, 0.5) is 0 Å². The molecule has 2 heteroatoms. The Bertz CT molecular complexity index is 604. The molecule has 20 heavy (non-hydrogen) atoms. The minimum Gasteiger partial charge on any atom is -0.307 e. The summed E-state index contributed by atoms with van der Waals surface area (Å²) in [6.07, 6.45) is 0. The zero-order valence-corrected chi connectivity index (χ0v) is 14.2. The lowest BCUT2D eigenvalue weighted by atomic mass is 9.91. The van der Waals surface area contributed by atoms with Gasteiger partial charge >= 0.3 is 0 Å². The van der Waals surface area contributed by atoms with Gasteiger partial charge in [0.2, 0.25) is 0 Å². The van der Waals surface area contributed by atoms with Gasteiger partial charge in [0.25, 0.3) is 0 Å². The zero-order chi connectivity index (χ0) is 14.7. The molecular formula is C18H22BrN. The summed E-state index contributed by atoms with van der Waals surface area (Å²) in [5.74, 6) is 0. The predicted molar refractivity (Wildman–Crippen MR) is 90.3 cm³/mol. The topological polar surface area (TPSA) is 12.0 Å². The summed E-state index contributed by atoms with van der Waals surface area (Å²) in [5.41, 5.74) is 6.72. The molecule has 2 aromatic rings. The highest BCUT2D eigenvalue weighted by Gasteiger charge is 2.16. The van der Waals surface area contributed by atoms with E-state index in [1.54, 1.807) is 0 Å². The number of rotatable bonds is 4. The Morgan fingerprint density at radius 3 is 2.35 bits per heavy atom. The summed E-state index contributed by atoms with van der Waals surface area (Å²) in [4.78, 5) is 0.